The quantitative estimate of drug-likeness (QED) is 0.853. The molecular formula is C13H17Cl2FN2O3S. The summed E-state index contributed by atoms with van der Waals surface area (Å²) in [7, 11) is -3.60. The zero-order valence-electron chi connectivity index (χ0n) is 11.9. The van der Waals surface area contributed by atoms with Gasteiger partial charge in [-0.3, -0.25) is 4.79 Å². The molecule has 2 rings (SSSR count). The highest BCUT2D eigenvalue weighted by molar-refractivity contribution is 7.92. The maximum atomic E-state index is 13.4. The molecule has 5 nitrogen and oxygen atoms in total. The molecule has 9 heteroatoms. The van der Waals surface area contributed by atoms with Crippen molar-refractivity contribution in [1.29, 1.82) is 0 Å². The van der Waals surface area contributed by atoms with Gasteiger partial charge in [-0.2, -0.15) is 0 Å². The summed E-state index contributed by atoms with van der Waals surface area (Å²) in [5.74, 6) is -1.30. The summed E-state index contributed by atoms with van der Waals surface area (Å²) in [6.45, 7) is 0.880. The lowest BCUT2D eigenvalue weighted by atomic mass is 9.95. The second-order valence-corrected chi connectivity index (χ2v) is 7.83. The van der Waals surface area contributed by atoms with Crippen LogP contribution in [0.3, 0.4) is 0 Å². The highest BCUT2D eigenvalue weighted by Crippen LogP contribution is 2.30. The standard InChI is InChI=1S/C13H16ClFN2O3S.ClH/c1-21(19,20)13(4-6-16-7-5-13)12(18)17-9-2-3-10(14)11(15)8-9;/h2-3,8,16H,4-7H2,1H3,(H,17,18);1H. The number of carbonyl (C=O) groups is 1. The van der Waals surface area contributed by atoms with E-state index in [1.165, 1.54) is 12.1 Å². The molecule has 2 N–H and O–H groups in total. The first-order valence-electron chi connectivity index (χ1n) is 6.43. The molecule has 0 atom stereocenters. The monoisotopic (exact) mass is 370 g/mol. The van der Waals surface area contributed by atoms with Crippen molar-refractivity contribution in [1.82, 2.24) is 5.32 Å². The van der Waals surface area contributed by atoms with Gasteiger partial charge < -0.3 is 10.6 Å². The van der Waals surface area contributed by atoms with Crippen LogP contribution in [0.2, 0.25) is 5.02 Å². The maximum absolute atomic E-state index is 13.4. The first-order chi connectivity index (χ1) is 9.76. The second-order valence-electron chi connectivity index (χ2n) is 5.10. The fourth-order valence-electron chi connectivity index (χ4n) is 2.42. The number of sulfone groups is 1. The molecule has 0 radical (unpaired) electrons. The largest absolute Gasteiger partial charge is 0.325 e. The van der Waals surface area contributed by atoms with Crippen molar-refractivity contribution in [2.75, 3.05) is 24.7 Å². The summed E-state index contributed by atoms with van der Waals surface area (Å²) in [5, 5.41) is 5.45. The zero-order valence-corrected chi connectivity index (χ0v) is 14.2. The van der Waals surface area contributed by atoms with E-state index in [0.29, 0.717) is 13.1 Å². The molecular weight excluding hydrogens is 354 g/mol. The molecule has 1 heterocycles. The van der Waals surface area contributed by atoms with E-state index in [1.54, 1.807) is 0 Å². The number of rotatable bonds is 3. The highest BCUT2D eigenvalue weighted by atomic mass is 35.5. The molecule has 1 aromatic rings. The fourth-order valence-corrected chi connectivity index (χ4v) is 3.87. The number of hydrogen-bond donors (Lipinski definition) is 2. The molecule has 0 spiro atoms. The van der Waals surface area contributed by atoms with E-state index in [0.717, 1.165) is 12.3 Å². The van der Waals surface area contributed by atoms with Gasteiger partial charge >= 0.3 is 0 Å². The van der Waals surface area contributed by atoms with Crippen LogP contribution in [0.4, 0.5) is 10.1 Å². The summed E-state index contributed by atoms with van der Waals surface area (Å²) in [6, 6.07) is 3.81. The predicted molar refractivity (Wildman–Crippen MR) is 87.0 cm³/mol. The third kappa shape index (κ3) is 3.71. The molecule has 0 bridgehead atoms. The summed E-state index contributed by atoms with van der Waals surface area (Å²) >= 11 is 5.57. The first-order valence-corrected chi connectivity index (χ1v) is 8.70. The zero-order chi connectivity index (χ0) is 15.7. The molecule has 1 amide bonds. The lowest BCUT2D eigenvalue weighted by molar-refractivity contribution is -0.119. The van der Waals surface area contributed by atoms with E-state index in [9.17, 15) is 17.6 Å². The maximum Gasteiger partial charge on any atom is 0.245 e. The van der Waals surface area contributed by atoms with Crippen molar-refractivity contribution in [2.45, 2.75) is 17.6 Å². The van der Waals surface area contributed by atoms with Crippen LogP contribution in [-0.2, 0) is 14.6 Å². The Morgan fingerprint density at radius 2 is 1.95 bits per heavy atom. The molecule has 1 aliphatic heterocycles. The van der Waals surface area contributed by atoms with E-state index in [-0.39, 0.29) is 36.0 Å². The van der Waals surface area contributed by atoms with E-state index in [2.05, 4.69) is 10.6 Å². The third-order valence-electron chi connectivity index (χ3n) is 3.71. The minimum absolute atomic E-state index is 0. The van der Waals surface area contributed by atoms with Gasteiger partial charge in [0, 0.05) is 11.9 Å². The van der Waals surface area contributed by atoms with Gasteiger partial charge in [-0.05, 0) is 44.1 Å². The van der Waals surface area contributed by atoms with E-state index >= 15 is 0 Å². The molecule has 1 fully saturated rings. The molecule has 1 aromatic carbocycles. The Hall–Kier alpha value is -0.890. The van der Waals surface area contributed by atoms with Crippen LogP contribution < -0.4 is 10.6 Å². The average molecular weight is 371 g/mol. The Morgan fingerprint density at radius 3 is 2.45 bits per heavy atom. The summed E-state index contributed by atoms with van der Waals surface area (Å²) in [6.07, 6.45) is 1.43. The normalized spacial score (nSPS) is 17.4. The van der Waals surface area contributed by atoms with Gasteiger partial charge in [-0.1, -0.05) is 11.6 Å². The summed E-state index contributed by atoms with van der Waals surface area (Å²) in [4.78, 5) is 12.5. The molecule has 0 aromatic heterocycles. The lowest BCUT2D eigenvalue weighted by Gasteiger charge is -2.34. The van der Waals surface area contributed by atoms with Gasteiger partial charge in [0.15, 0.2) is 14.6 Å². The minimum Gasteiger partial charge on any atom is -0.325 e. The number of carbonyl (C=O) groups excluding carboxylic acids is 1. The van der Waals surface area contributed by atoms with Crippen LogP contribution in [0.1, 0.15) is 12.8 Å². The Morgan fingerprint density at radius 1 is 1.36 bits per heavy atom. The van der Waals surface area contributed by atoms with Crippen LogP contribution in [0, 0.1) is 5.82 Å². The Bertz CT molecular complexity index is 661. The van der Waals surface area contributed by atoms with Crippen LogP contribution in [0.5, 0.6) is 0 Å². The Kier molecular flexibility index (Phi) is 6.20. The molecule has 0 aliphatic carbocycles. The second kappa shape index (κ2) is 7.12. The van der Waals surface area contributed by atoms with E-state index in [1.807, 2.05) is 0 Å². The Labute approximate surface area is 139 Å². The van der Waals surface area contributed by atoms with Crippen LogP contribution in [0.25, 0.3) is 0 Å². The van der Waals surface area contributed by atoms with Gasteiger partial charge in [0.2, 0.25) is 5.91 Å². The molecule has 22 heavy (non-hydrogen) atoms. The van der Waals surface area contributed by atoms with E-state index < -0.39 is 26.3 Å². The van der Waals surface area contributed by atoms with Crippen molar-refractivity contribution in [2.24, 2.45) is 0 Å². The van der Waals surface area contributed by atoms with Gasteiger partial charge in [0.25, 0.3) is 0 Å². The van der Waals surface area contributed by atoms with Gasteiger partial charge in [-0.15, -0.1) is 12.4 Å². The first kappa shape index (κ1) is 19.2. The molecule has 1 aliphatic rings. The average Bonchev–Trinajstić information content (AvgIpc) is 2.42. The van der Waals surface area contributed by atoms with Crippen LogP contribution >= 0.6 is 24.0 Å². The number of amides is 1. The van der Waals surface area contributed by atoms with Crippen molar-refractivity contribution < 1.29 is 17.6 Å². The SMILES string of the molecule is CS(=O)(=O)C1(C(=O)Nc2ccc(Cl)c(F)c2)CCNCC1.Cl. The summed E-state index contributed by atoms with van der Waals surface area (Å²) < 4.78 is 36.1. The minimum atomic E-state index is -3.60. The van der Waals surface area contributed by atoms with Crippen molar-refractivity contribution in [3.05, 3.63) is 29.0 Å². The van der Waals surface area contributed by atoms with E-state index in [4.69, 9.17) is 11.6 Å². The number of halogens is 3. The van der Waals surface area contributed by atoms with Crippen LogP contribution in [-0.4, -0.2) is 38.4 Å². The van der Waals surface area contributed by atoms with Crippen LogP contribution in [0.15, 0.2) is 18.2 Å². The number of anilines is 1. The third-order valence-corrected chi connectivity index (χ3v) is 6.03. The van der Waals surface area contributed by atoms with Crippen molar-refractivity contribution >= 4 is 45.4 Å². The summed E-state index contributed by atoms with van der Waals surface area (Å²) in [5.41, 5.74) is 0.184. The number of hydrogen-bond acceptors (Lipinski definition) is 4. The van der Waals surface area contributed by atoms with Crippen molar-refractivity contribution in [3.63, 3.8) is 0 Å². The van der Waals surface area contributed by atoms with Gasteiger partial charge in [0.05, 0.1) is 5.02 Å². The molecule has 0 saturated carbocycles. The smallest absolute Gasteiger partial charge is 0.245 e. The number of nitrogens with one attached hydrogen (secondary N) is 2. The topological polar surface area (TPSA) is 75.3 Å². The molecule has 0 unspecified atom stereocenters. The Balaban J connectivity index is 0.00000242. The number of piperidine rings is 1. The highest BCUT2D eigenvalue weighted by Gasteiger charge is 2.48. The van der Waals surface area contributed by atoms with Crippen molar-refractivity contribution in [3.8, 4) is 0 Å². The lowest BCUT2D eigenvalue weighted by Crippen LogP contribution is -2.55. The number of benzene rings is 1. The van der Waals surface area contributed by atoms with Gasteiger partial charge in [-0.25, -0.2) is 12.8 Å². The predicted octanol–water partition coefficient (Wildman–Crippen LogP) is 2.01. The molecule has 124 valence electrons. The van der Waals surface area contributed by atoms with Gasteiger partial charge in [0.1, 0.15) is 5.82 Å². The molecule has 1 saturated heterocycles. The fraction of sp³-hybridized carbons (Fsp3) is 0.462.